The molecule has 0 aromatic heterocycles. The van der Waals surface area contributed by atoms with Crippen molar-refractivity contribution in [3.8, 4) is 17.2 Å². The largest absolute Gasteiger partial charge is 0.493 e. The quantitative estimate of drug-likeness (QED) is 0.465. The first-order valence-electron chi connectivity index (χ1n) is 8.87. The number of aliphatic hydroxyl groups excluding tert-OH is 1. The molecule has 2 aromatic rings. The van der Waals surface area contributed by atoms with Crippen molar-refractivity contribution in [2.24, 2.45) is 0 Å². The van der Waals surface area contributed by atoms with Crippen molar-refractivity contribution in [2.45, 2.75) is 12.5 Å². The fourth-order valence-electron chi connectivity index (χ4n) is 2.72. The van der Waals surface area contributed by atoms with Crippen molar-refractivity contribution in [3.63, 3.8) is 0 Å². The number of nitro groups is 1. The van der Waals surface area contributed by atoms with E-state index in [0.717, 1.165) is 18.5 Å². The Kier molecular flexibility index (Phi) is 8.03. The van der Waals surface area contributed by atoms with Crippen LogP contribution in [-0.4, -0.2) is 62.0 Å². The zero-order chi connectivity index (χ0) is 20.5. The number of rotatable bonds is 11. The molecule has 0 saturated heterocycles. The van der Waals surface area contributed by atoms with Crippen molar-refractivity contribution in [2.75, 3.05) is 41.0 Å². The van der Waals surface area contributed by atoms with Gasteiger partial charge in [0.2, 0.25) is 0 Å². The number of likely N-dealkylation sites (N-methyl/N-ethyl adjacent to an activating group) is 1. The van der Waals surface area contributed by atoms with Crippen LogP contribution in [0.3, 0.4) is 0 Å². The van der Waals surface area contributed by atoms with Crippen molar-refractivity contribution < 1.29 is 24.2 Å². The third kappa shape index (κ3) is 6.40. The molecule has 0 amide bonds. The highest BCUT2D eigenvalue weighted by Crippen LogP contribution is 2.27. The van der Waals surface area contributed by atoms with E-state index in [-0.39, 0.29) is 12.3 Å². The Morgan fingerprint density at radius 2 is 1.79 bits per heavy atom. The standard InChI is InChI=1S/C20H26N2O6/c1-21(11-10-15-4-9-19(26-2)20(12-15)27-3)13-17(23)14-28-18-7-5-16(6-8-18)22(24)25/h4-9,12,17,23H,10-11,13-14H2,1-3H3. The lowest BCUT2D eigenvalue weighted by Crippen LogP contribution is -2.34. The predicted octanol–water partition coefficient (Wildman–Crippen LogP) is 2.53. The molecule has 0 fully saturated rings. The van der Waals surface area contributed by atoms with E-state index in [1.54, 1.807) is 14.2 Å². The van der Waals surface area contributed by atoms with Crippen LogP contribution in [0.15, 0.2) is 42.5 Å². The zero-order valence-electron chi connectivity index (χ0n) is 16.3. The van der Waals surface area contributed by atoms with Gasteiger partial charge in [-0.1, -0.05) is 6.07 Å². The number of nitrogens with zero attached hydrogens (tertiary/aromatic N) is 2. The fourth-order valence-corrected chi connectivity index (χ4v) is 2.72. The number of ether oxygens (including phenoxy) is 3. The van der Waals surface area contributed by atoms with Crippen LogP contribution in [0, 0.1) is 10.1 Å². The molecule has 8 heteroatoms. The maximum atomic E-state index is 10.6. The number of methoxy groups -OCH3 is 2. The second-order valence-corrected chi connectivity index (χ2v) is 6.42. The summed E-state index contributed by atoms with van der Waals surface area (Å²) in [4.78, 5) is 12.2. The van der Waals surface area contributed by atoms with Crippen LogP contribution in [0.5, 0.6) is 17.2 Å². The summed E-state index contributed by atoms with van der Waals surface area (Å²) in [6, 6.07) is 11.6. The van der Waals surface area contributed by atoms with E-state index < -0.39 is 11.0 Å². The number of non-ortho nitro benzene ring substituents is 1. The first-order valence-corrected chi connectivity index (χ1v) is 8.87. The molecule has 1 unspecified atom stereocenters. The monoisotopic (exact) mass is 390 g/mol. The minimum absolute atomic E-state index is 0.00259. The lowest BCUT2D eigenvalue weighted by molar-refractivity contribution is -0.384. The van der Waals surface area contributed by atoms with Gasteiger partial charge in [-0.2, -0.15) is 0 Å². The maximum Gasteiger partial charge on any atom is 0.269 e. The van der Waals surface area contributed by atoms with Gasteiger partial charge in [0.15, 0.2) is 11.5 Å². The molecule has 0 heterocycles. The van der Waals surface area contributed by atoms with Crippen molar-refractivity contribution in [3.05, 3.63) is 58.1 Å². The SMILES string of the molecule is COc1ccc(CCN(C)CC(O)COc2ccc([N+](=O)[O-])cc2)cc1OC. The van der Waals surface area contributed by atoms with E-state index in [1.165, 1.54) is 24.3 Å². The number of aliphatic hydroxyl groups is 1. The van der Waals surface area contributed by atoms with E-state index in [1.807, 2.05) is 30.1 Å². The summed E-state index contributed by atoms with van der Waals surface area (Å²) < 4.78 is 16.0. The summed E-state index contributed by atoms with van der Waals surface area (Å²) in [7, 11) is 5.14. The summed E-state index contributed by atoms with van der Waals surface area (Å²) in [6.45, 7) is 1.31. The van der Waals surface area contributed by atoms with Gasteiger partial charge in [-0.05, 0) is 43.3 Å². The molecule has 0 aliphatic rings. The topological polar surface area (TPSA) is 94.3 Å². The van der Waals surface area contributed by atoms with Crippen LogP contribution in [0.2, 0.25) is 0 Å². The maximum absolute atomic E-state index is 10.6. The summed E-state index contributed by atoms with van der Waals surface area (Å²) in [5, 5.41) is 20.8. The van der Waals surface area contributed by atoms with Gasteiger partial charge in [0.1, 0.15) is 18.5 Å². The third-order valence-electron chi connectivity index (χ3n) is 4.24. The number of hydrogen-bond donors (Lipinski definition) is 1. The molecule has 28 heavy (non-hydrogen) atoms. The van der Waals surface area contributed by atoms with Crippen LogP contribution in [-0.2, 0) is 6.42 Å². The van der Waals surface area contributed by atoms with Crippen LogP contribution in [0.4, 0.5) is 5.69 Å². The molecule has 2 aromatic carbocycles. The molecular formula is C20H26N2O6. The molecule has 0 aliphatic heterocycles. The Morgan fingerprint density at radius 1 is 1.11 bits per heavy atom. The second-order valence-electron chi connectivity index (χ2n) is 6.42. The van der Waals surface area contributed by atoms with Crippen LogP contribution in [0.1, 0.15) is 5.56 Å². The number of benzene rings is 2. The molecule has 0 radical (unpaired) electrons. The van der Waals surface area contributed by atoms with Crippen molar-refractivity contribution in [1.82, 2.24) is 4.90 Å². The Bertz CT molecular complexity index is 766. The Morgan fingerprint density at radius 3 is 2.39 bits per heavy atom. The normalized spacial score (nSPS) is 11.9. The summed E-state index contributed by atoms with van der Waals surface area (Å²) >= 11 is 0. The molecule has 0 saturated carbocycles. The molecule has 2 rings (SSSR count). The van der Waals surface area contributed by atoms with E-state index >= 15 is 0 Å². The van der Waals surface area contributed by atoms with Gasteiger partial charge in [0.05, 0.1) is 19.1 Å². The van der Waals surface area contributed by atoms with Gasteiger partial charge in [-0.25, -0.2) is 0 Å². The average Bonchev–Trinajstić information content (AvgIpc) is 2.70. The third-order valence-corrected chi connectivity index (χ3v) is 4.24. The number of nitro benzene ring substituents is 1. The minimum Gasteiger partial charge on any atom is -0.493 e. The lowest BCUT2D eigenvalue weighted by Gasteiger charge is -2.21. The van der Waals surface area contributed by atoms with Gasteiger partial charge in [-0.3, -0.25) is 10.1 Å². The molecular weight excluding hydrogens is 364 g/mol. The summed E-state index contributed by atoms with van der Waals surface area (Å²) in [5.74, 6) is 1.87. The van der Waals surface area contributed by atoms with E-state index in [4.69, 9.17) is 14.2 Å². The zero-order valence-corrected chi connectivity index (χ0v) is 16.3. The number of hydrogen-bond acceptors (Lipinski definition) is 7. The molecule has 152 valence electrons. The van der Waals surface area contributed by atoms with E-state index in [2.05, 4.69) is 0 Å². The van der Waals surface area contributed by atoms with E-state index in [9.17, 15) is 15.2 Å². The molecule has 1 N–H and O–H groups in total. The van der Waals surface area contributed by atoms with Crippen LogP contribution < -0.4 is 14.2 Å². The predicted molar refractivity (Wildman–Crippen MR) is 105 cm³/mol. The van der Waals surface area contributed by atoms with E-state index in [0.29, 0.717) is 23.8 Å². The Hall–Kier alpha value is -2.84. The van der Waals surface area contributed by atoms with Crippen LogP contribution >= 0.6 is 0 Å². The first-order chi connectivity index (χ1) is 13.4. The Labute approximate surface area is 164 Å². The highest BCUT2D eigenvalue weighted by Gasteiger charge is 2.11. The molecule has 0 bridgehead atoms. The van der Waals surface area contributed by atoms with Gasteiger partial charge in [0.25, 0.3) is 5.69 Å². The summed E-state index contributed by atoms with van der Waals surface area (Å²) in [5.41, 5.74) is 1.11. The second kappa shape index (κ2) is 10.5. The minimum atomic E-state index is -0.675. The van der Waals surface area contributed by atoms with Crippen molar-refractivity contribution in [1.29, 1.82) is 0 Å². The summed E-state index contributed by atoms with van der Waals surface area (Å²) in [6.07, 6.45) is 0.123. The fraction of sp³-hybridized carbons (Fsp3) is 0.400. The van der Waals surface area contributed by atoms with Gasteiger partial charge < -0.3 is 24.2 Å². The Balaban J connectivity index is 1.76. The van der Waals surface area contributed by atoms with Gasteiger partial charge in [0, 0.05) is 25.2 Å². The molecule has 0 aliphatic carbocycles. The first kappa shape index (κ1) is 21.5. The molecule has 8 nitrogen and oxygen atoms in total. The van der Waals surface area contributed by atoms with Crippen LogP contribution in [0.25, 0.3) is 0 Å². The lowest BCUT2D eigenvalue weighted by atomic mass is 10.1. The molecule has 1 atom stereocenters. The van der Waals surface area contributed by atoms with Gasteiger partial charge >= 0.3 is 0 Å². The average molecular weight is 390 g/mol. The van der Waals surface area contributed by atoms with Crippen molar-refractivity contribution >= 4 is 5.69 Å². The highest BCUT2D eigenvalue weighted by molar-refractivity contribution is 5.43. The smallest absolute Gasteiger partial charge is 0.269 e. The van der Waals surface area contributed by atoms with Gasteiger partial charge in [-0.15, -0.1) is 0 Å². The molecule has 0 spiro atoms. The highest BCUT2D eigenvalue weighted by atomic mass is 16.6.